The molecule has 37 heavy (non-hydrogen) atoms. The van der Waals surface area contributed by atoms with Crippen LogP contribution in [0.2, 0.25) is 0 Å². The monoisotopic (exact) mass is 521 g/mol. The molecular weight excluding hydrogens is 501 g/mol. The number of rotatable bonds is 5. The van der Waals surface area contributed by atoms with E-state index >= 15 is 0 Å². The van der Waals surface area contributed by atoms with E-state index in [1.165, 1.54) is 17.0 Å². The van der Waals surface area contributed by atoms with E-state index in [0.717, 1.165) is 10.8 Å². The Balaban J connectivity index is 1.67. The molecule has 1 aliphatic heterocycles. The van der Waals surface area contributed by atoms with E-state index in [1.54, 1.807) is 6.92 Å². The van der Waals surface area contributed by atoms with Gasteiger partial charge in [-0.2, -0.15) is 13.2 Å². The number of halogens is 5. The summed E-state index contributed by atoms with van der Waals surface area (Å²) in [5.74, 6) is -5.11. The van der Waals surface area contributed by atoms with Crippen molar-refractivity contribution in [3.63, 3.8) is 0 Å². The number of nitrogens with zero attached hydrogens (tertiary/aromatic N) is 4. The molecule has 1 aliphatic carbocycles. The SMILES string of the molecule is CC1CCN(c2ccc3c(=O)c(C(=O)NC(C4CC4)C(F)(F)F)cn(-c4ncc(F)cc4F)c3n2)C1=O. The van der Waals surface area contributed by atoms with E-state index in [2.05, 4.69) is 9.97 Å². The normalized spacial score (nSPS) is 18.9. The molecule has 2 aliphatic rings. The molecule has 1 saturated heterocycles. The number of fused-ring (bicyclic) bond motifs is 1. The minimum Gasteiger partial charge on any atom is -0.340 e. The smallest absolute Gasteiger partial charge is 0.340 e. The summed E-state index contributed by atoms with van der Waals surface area (Å²) in [5, 5.41) is 1.66. The number of pyridine rings is 3. The van der Waals surface area contributed by atoms with Crippen LogP contribution in [0.25, 0.3) is 16.9 Å². The lowest BCUT2D eigenvalue weighted by Crippen LogP contribution is -2.48. The lowest BCUT2D eigenvalue weighted by atomic mass is 10.1. The van der Waals surface area contributed by atoms with Crippen molar-refractivity contribution in [2.75, 3.05) is 11.4 Å². The van der Waals surface area contributed by atoms with Gasteiger partial charge in [0.05, 0.1) is 11.6 Å². The van der Waals surface area contributed by atoms with Crippen LogP contribution in [0.15, 0.2) is 35.4 Å². The van der Waals surface area contributed by atoms with Crippen LogP contribution in [-0.4, -0.2) is 45.1 Å². The number of hydrogen-bond donors (Lipinski definition) is 1. The minimum absolute atomic E-state index is 0.153. The molecule has 2 atom stereocenters. The fourth-order valence-electron chi connectivity index (χ4n) is 4.42. The van der Waals surface area contributed by atoms with E-state index in [0.29, 0.717) is 25.2 Å². The lowest BCUT2D eigenvalue weighted by molar-refractivity contribution is -0.158. The summed E-state index contributed by atoms with van der Waals surface area (Å²) in [6.07, 6.45) is -2.08. The highest BCUT2D eigenvalue weighted by Crippen LogP contribution is 2.40. The van der Waals surface area contributed by atoms with Crippen molar-refractivity contribution >= 4 is 28.7 Å². The number of alkyl halides is 3. The standard InChI is InChI=1S/C24H20F5N5O3/c1-11-6-7-33(23(11)37)17-5-4-14-18(35)15(22(36)32-19(12-2-3-12)24(27,28)29)10-34(20(14)31-17)21-16(26)8-13(25)9-30-21/h4-5,8-12,19H,2-3,6-7H2,1H3,(H,32,36). The fraction of sp³-hybridized carbons (Fsp3) is 0.375. The molecule has 0 aromatic carbocycles. The molecule has 194 valence electrons. The van der Waals surface area contributed by atoms with Gasteiger partial charge in [0.1, 0.15) is 23.2 Å². The first-order valence-corrected chi connectivity index (χ1v) is 11.5. The molecule has 0 radical (unpaired) electrons. The molecular formula is C24H20F5N5O3. The van der Waals surface area contributed by atoms with Gasteiger partial charge in [0.15, 0.2) is 17.3 Å². The van der Waals surface area contributed by atoms with Crippen molar-refractivity contribution in [2.24, 2.45) is 11.8 Å². The average Bonchev–Trinajstić information content (AvgIpc) is 3.61. The number of hydrogen-bond acceptors (Lipinski definition) is 5. The largest absolute Gasteiger partial charge is 0.408 e. The molecule has 13 heteroatoms. The van der Waals surface area contributed by atoms with Gasteiger partial charge in [0.2, 0.25) is 11.3 Å². The summed E-state index contributed by atoms with van der Waals surface area (Å²) in [6.45, 7) is 2.10. The topological polar surface area (TPSA) is 97.2 Å². The highest BCUT2D eigenvalue weighted by Gasteiger charge is 2.50. The van der Waals surface area contributed by atoms with Gasteiger partial charge in [-0.15, -0.1) is 0 Å². The van der Waals surface area contributed by atoms with Gasteiger partial charge in [-0.3, -0.25) is 23.9 Å². The summed E-state index contributed by atoms with van der Waals surface area (Å²) < 4.78 is 69.7. The Morgan fingerprint density at radius 3 is 2.49 bits per heavy atom. The van der Waals surface area contributed by atoms with Crippen molar-refractivity contribution in [2.45, 2.75) is 38.4 Å². The molecule has 3 aromatic heterocycles. The Kier molecular flexibility index (Phi) is 5.95. The Morgan fingerprint density at radius 1 is 1.16 bits per heavy atom. The van der Waals surface area contributed by atoms with Gasteiger partial charge in [-0.25, -0.2) is 18.7 Å². The molecule has 1 N–H and O–H groups in total. The van der Waals surface area contributed by atoms with Crippen molar-refractivity contribution in [1.82, 2.24) is 19.9 Å². The van der Waals surface area contributed by atoms with E-state index in [9.17, 15) is 36.3 Å². The molecule has 3 aromatic rings. The van der Waals surface area contributed by atoms with Crippen LogP contribution < -0.4 is 15.6 Å². The molecule has 4 heterocycles. The first-order chi connectivity index (χ1) is 17.5. The predicted molar refractivity (Wildman–Crippen MR) is 121 cm³/mol. The van der Waals surface area contributed by atoms with Gasteiger partial charge in [0.25, 0.3) is 5.91 Å². The highest BCUT2D eigenvalue weighted by atomic mass is 19.4. The molecule has 0 spiro atoms. The van der Waals surface area contributed by atoms with Crippen LogP contribution in [-0.2, 0) is 4.79 Å². The first kappa shape index (κ1) is 24.8. The Bertz CT molecular complexity index is 1480. The zero-order valence-corrected chi connectivity index (χ0v) is 19.4. The highest BCUT2D eigenvalue weighted by molar-refractivity contribution is 5.99. The van der Waals surface area contributed by atoms with Crippen LogP contribution in [0.3, 0.4) is 0 Å². The Hall–Kier alpha value is -3.90. The lowest BCUT2D eigenvalue weighted by Gasteiger charge is -2.22. The van der Waals surface area contributed by atoms with E-state index < -0.39 is 52.5 Å². The molecule has 2 unspecified atom stereocenters. The van der Waals surface area contributed by atoms with Gasteiger partial charge in [-0.05, 0) is 37.3 Å². The maximum atomic E-state index is 14.7. The first-order valence-electron chi connectivity index (χ1n) is 11.5. The second kappa shape index (κ2) is 8.89. The molecule has 2 fully saturated rings. The van der Waals surface area contributed by atoms with Crippen LogP contribution in [0.1, 0.15) is 36.5 Å². The van der Waals surface area contributed by atoms with E-state index in [1.807, 2.05) is 5.32 Å². The fourth-order valence-corrected chi connectivity index (χ4v) is 4.42. The maximum Gasteiger partial charge on any atom is 0.408 e. The summed E-state index contributed by atoms with van der Waals surface area (Å²) >= 11 is 0. The summed E-state index contributed by atoms with van der Waals surface area (Å²) in [7, 11) is 0. The average molecular weight is 521 g/mol. The van der Waals surface area contributed by atoms with Crippen LogP contribution >= 0.6 is 0 Å². The zero-order chi connectivity index (χ0) is 26.6. The van der Waals surface area contributed by atoms with Gasteiger partial charge in [0, 0.05) is 24.7 Å². The van der Waals surface area contributed by atoms with Crippen molar-refractivity contribution in [3.8, 4) is 5.82 Å². The van der Waals surface area contributed by atoms with Crippen molar-refractivity contribution in [1.29, 1.82) is 0 Å². The number of carbonyl (C=O) groups excluding carboxylic acids is 2. The summed E-state index contributed by atoms with van der Waals surface area (Å²) in [4.78, 5) is 48.0. The van der Waals surface area contributed by atoms with Gasteiger partial charge >= 0.3 is 6.18 Å². The van der Waals surface area contributed by atoms with Crippen molar-refractivity contribution in [3.05, 3.63) is 58.0 Å². The number of anilines is 1. The number of carbonyl (C=O) groups is 2. The summed E-state index contributed by atoms with van der Waals surface area (Å²) in [5.41, 5.74) is -1.85. The van der Waals surface area contributed by atoms with Crippen LogP contribution in [0.4, 0.5) is 27.8 Å². The molecule has 5 rings (SSSR count). The number of amides is 2. The summed E-state index contributed by atoms with van der Waals surface area (Å²) in [6, 6.07) is 0.998. The number of aromatic nitrogens is 3. The molecule has 1 saturated carbocycles. The third-order valence-corrected chi connectivity index (χ3v) is 6.58. The predicted octanol–water partition coefficient (Wildman–Crippen LogP) is 3.50. The third kappa shape index (κ3) is 4.53. The minimum atomic E-state index is -4.73. The van der Waals surface area contributed by atoms with E-state index in [-0.39, 0.29) is 41.5 Å². The van der Waals surface area contributed by atoms with E-state index in [4.69, 9.17) is 0 Å². The molecule has 2 amide bonds. The van der Waals surface area contributed by atoms with Gasteiger partial charge in [-0.1, -0.05) is 6.92 Å². The second-order valence-electron chi connectivity index (χ2n) is 9.25. The van der Waals surface area contributed by atoms with Crippen LogP contribution in [0, 0.1) is 23.5 Å². The number of nitrogens with one attached hydrogen (secondary N) is 1. The maximum absolute atomic E-state index is 14.7. The second-order valence-corrected chi connectivity index (χ2v) is 9.25. The quantitative estimate of drug-likeness (QED) is 0.519. The van der Waals surface area contributed by atoms with Crippen molar-refractivity contribution < 1.29 is 31.5 Å². The Morgan fingerprint density at radius 2 is 1.89 bits per heavy atom. The molecule has 0 bridgehead atoms. The zero-order valence-electron chi connectivity index (χ0n) is 19.4. The Labute approximate surface area is 206 Å². The third-order valence-electron chi connectivity index (χ3n) is 6.58. The molecule has 8 nitrogen and oxygen atoms in total. The van der Waals surface area contributed by atoms with Crippen LogP contribution in [0.5, 0.6) is 0 Å². The van der Waals surface area contributed by atoms with Gasteiger partial charge < -0.3 is 5.32 Å².